The molecule has 0 unspecified atom stereocenters. The summed E-state index contributed by atoms with van der Waals surface area (Å²) in [5.74, 6) is -1.05. The standard InChI is InChI=1S/C22H26FN7O3/c1-22(2,3)18-12-17(19(31)32)26-30(18)14-29-13-24-20(25-21(29)33)28-10-8-27(9-11-28)16-6-4-15(23)5-7-16/h4-7,12-13H,8-11,14H2,1-3H3,(H,31,32). The molecule has 1 aromatic carbocycles. The van der Waals surface area contributed by atoms with E-state index in [1.54, 1.807) is 12.1 Å². The number of hydrogen-bond acceptors (Lipinski definition) is 7. The molecule has 11 heteroatoms. The van der Waals surface area contributed by atoms with Crippen LogP contribution in [0.25, 0.3) is 0 Å². The summed E-state index contributed by atoms with van der Waals surface area (Å²) in [5, 5.41) is 13.4. The van der Waals surface area contributed by atoms with Gasteiger partial charge in [-0.2, -0.15) is 10.1 Å². The summed E-state index contributed by atoms with van der Waals surface area (Å²) in [6.45, 7) is 8.47. The Bertz CT molecular complexity index is 1210. The van der Waals surface area contributed by atoms with Crippen LogP contribution in [0, 0.1) is 5.82 Å². The van der Waals surface area contributed by atoms with E-state index in [9.17, 15) is 19.1 Å². The molecule has 2 aromatic heterocycles. The van der Waals surface area contributed by atoms with E-state index in [2.05, 4.69) is 20.0 Å². The molecule has 10 nitrogen and oxygen atoms in total. The number of anilines is 2. The number of carbonyl (C=O) groups is 1. The van der Waals surface area contributed by atoms with Crippen molar-refractivity contribution in [1.82, 2.24) is 24.3 Å². The number of rotatable bonds is 5. The number of hydrogen-bond donors (Lipinski definition) is 1. The number of nitrogens with zero attached hydrogens (tertiary/aromatic N) is 7. The van der Waals surface area contributed by atoms with E-state index >= 15 is 0 Å². The molecular formula is C22H26FN7O3. The minimum absolute atomic E-state index is 0.0113. The van der Waals surface area contributed by atoms with Gasteiger partial charge in [-0.3, -0.25) is 4.57 Å². The normalized spacial score (nSPS) is 14.5. The fourth-order valence-corrected chi connectivity index (χ4v) is 3.79. The second kappa shape index (κ2) is 8.64. The number of carboxylic acid groups (broad SMARTS) is 1. The van der Waals surface area contributed by atoms with Crippen LogP contribution in [0.4, 0.5) is 16.0 Å². The van der Waals surface area contributed by atoms with Gasteiger partial charge in [-0.15, -0.1) is 0 Å². The van der Waals surface area contributed by atoms with Gasteiger partial charge in [-0.1, -0.05) is 20.8 Å². The number of halogens is 1. The van der Waals surface area contributed by atoms with E-state index in [-0.39, 0.29) is 23.6 Å². The van der Waals surface area contributed by atoms with Crippen LogP contribution in [0.2, 0.25) is 0 Å². The Balaban J connectivity index is 1.48. The van der Waals surface area contributed by atoms with Crippen molar-refractivity contribution in [2.75, 3.05) is 36.0 Å². The summed E-state index contributed by atoms with van der Waals surface area (Å²) >= 11 is 0. The van der Waals surface area contributed by atoms with Crippen molar-refractivity contribution < 1.29 is 14.3 Å². The van der Waals surface area contributed by atoms with E-state index in [0.717, 1.165) is 5.69 Å². The largest absolute Gasteiger partial charge is 0.476 e. The van der Waals surface area contributed by atoms with Gasteiger partial charge in [0.15, 0.2) is 5.69 Å². The van der Waals surface area contributed by atoms with Crippen LogP contribution in [-0.4, -0.2) is 61.6 Å². The van der Waals surface area contributed by atoms with E-state index < -0.39 is 11.7 Å². The molecule has 1 aliphatic heterocycles. The van der Waals surface area contributed by atoms with Gasteiger partial charge >= 0.3 is 11.7 Å². The first kappa shape index (κ1) is 22.4. The predicted octanol–water partition coefficient (Wildman–Crippen LogP) is 1.80. The minimum atomic E-state index is -1.13. The molecule has 4 rings (SSSR count). The highest BCUT2D eigenvalue weighted by Crippen LogP contribution is 2.23. The van der Waals surface area contributed by atoms with Gasteiger partial charge in [-0.05, 0) is 30.3 Å². The topological polar surface area (TPSA) is 109 Å². The van der Waals surface area contributed by atoms with Gasteiger partial charge in [0.1, 0.15) is 18.8 Å². The first-order valence-corrected chi connectivity index (χ1v) is 10.6. The number of aromatic nitrogens is 5. The van der Waals surface area contributed by atoms with Gasteiger partial charge in [0.05, 0.1) is 0 Å². The maximum Gasteiger partial charge on any atom is 0.356 e. The van der Waals surface area contributed by atoms with Crippen molar-refractivity contribution >= 4 is 17.6 Å². The minimum Gasteiger partial charge on any atom is -0.476 e. The monoisotopic (exact) mass is 455 g/mol. The van der Waals surface area contributed by atoms with Crippen LogP contribution in [0.1, 0.15) is 37.0 Å². The molecule has 1 saturated heterocycles. The van der Waals surface area contributed by atoms with Gasteiger partial charge in [0.25, 0.3) is 0 Å². The van der Waals surface area contributed by atoms with E-state index in [1.807, 2.05) is 25.7 Å². The quantitative estimate of drug-likeness (QED) is 0.620. The van der Waals surface area contributed by atoms with Crippen LogP contribution in [-0.2, 0) is 12.1 Å². The van der Waals surface area contributed by atoms with Crippen molar-refractivity contribution in [1.29, 1.82) is 0 Å². The summed E-state index contributed by atoms with van der Waals surface area (Å²) in [7, 11) is 0. The molecule has 1 aliphatic rings. The predicted molar refractivity (Wildman–Crippen MR) is 120 cm³/mol. The Morgan fingerprint density at radius 2 is 1.73 bits per heavy atom. The summed E-state index contributed by atoms with van der Waals surface area (Å²) in [5.41, 5.74) is 0.697. The molecule has 0 atom stereocenters. The van der Waals surface area contributed by atoms with Gasteiger partial charge in [0, 0.05) is 43.0 Å². The molecule has 3 heterocycles. The summed E-state index contributed by atoms with van der Waals surface area (Å²) in [6, 6.07) is 7.89. The number of benzene rings is 1. The molecule has 3 aromatic rings. The lowest BCUT2D eigenvalue weighted by atomic mass is 9.92. The van der Waals surface area contributed by atoms with Crippen molar-refractivity contribution in [2.45, 2.75) is 32.9 Å². The van der Waals surface area contributed by atoms with Crippen LogP contribution in [0.15, 0.2) is 41.5 Å². The van der Waals surface area contributed by atoms with Gasteiger partial charge in [-0.25, -0.2) is 23.6 Å². The van der Waals surface area contributed by atoms with E-state index in [0.29, 0.717) is 37.8 Å². The van der Waals surface area contributed by atoms with Crippen LogP contribution in [0.5, 0.6) is 0 Å². The highest BCUT2D eigenvalue weighted by molar-refractivity contribution is 5.85. The number of carboxylic acids is 1. The Morgan fingerprint density at radius 3 is 2.30 bits per heavy atom. The number of aromatic carboxylic acids is 1. The zero-order valence-corrected chi connectivity index (χ0v) is 18.8. The van der Waals surface area contributed by atoms with Crippen LogP contribution >= 0.6 is 0 Å². The first-order chi connectivity index (χ1) is 15.6. The molecule has 174 valence electrons. The van der Waals surface area contributed by atoms with Gasteiger partial charge < -0.3 is 14.9 Å². The second-order valence-corrected chi connectivity index (χ2v) is 8.97. The third kappa shape index (κ3) is 4.86. The van der Waals surface area contributed by atoms with Crippen molar-refractivity contribution in [2.24, 2.45) is 0 Å². The summed E-state index contributed by atoms with van der Waals surface area (Å²) < 4.78 is 15.9. The maximum absolute atomic E-state index is 13.2. The number of piperazine rings is 1. The van der Waals surface area contributed by atoms with Crippen LogP contribution in [0.3, 0.4) is 0 Å². The van der Waals surface area contributed by atoms with E-state index in [4.69, 9.17) is 0 Å². The fraction of sp³-hybridized carbons (Fsp3) is 0.409. The van der Waals surface area contributed by atoms with Gasteiger partial charge in [0.2, 0.25) is 5.95 Å². The zero-order valence-electron chi connectivity index (χ0n) is 18.8. The second-order valence-electron chi connectivity index (χ2n) is 8.97. The molecule has 1 fully saturated rings. The smallest absolute Gasteiger partial charge is 0.356 e. The Kier molecular flexibility index (Phi) is 5.88. The lowest BCUT2D eigenvalue weighted by molar-refractivity contribution is 0.0689. The average molecular weight is 455 g/mol. The van der Waals surface area contributed by atoms with Crippen LogP contribution < -0.4 is 15.5 Å². The lowest BCUT2D eigenvalue weighted by Crippen LogP contribution is -2.47. The maximum atomic E-state index is 13.2. The van der Waals surface area contributed by atoms with Crippen molar-refractivity contribution in [3.05, 3.63) is 64.3 Å². The molecular weight excluding hydrogens is 429 g/mol. The summed E-state index contributed by atoms with van der Waals surface area (Å²) in [4.78, 5) is 36.6. The highest BCUT2D eigenvalue weighted by atomic mass is 19.1. The average Bonchev–Trinajstić information content (AvgIpc) is 3.21. The first-order valence-electron chi connectivity index (χ1n) is 10.6. The zero-order chi connectivity index (χ0) is 23.8. The Labute approximate surface area is 189 Å². The summed E-state index contributed by atoms with van der Waals surface area (Å²) in [6.07, 6.45) is 1.41. The molecule has 0 bridgehead atoms. The van der Waals surface area contributed by atoms with Crippen molar-refractivity contribution in [3.63, 3.8) is 0 Å². The highest BCUT2D eigenvalue weighted by Gasteiger charge is 2.24. The van der Waals surface area contributed by atoms with Crippen molar-refractivity contribution in [3.8, 4) is 0 Å². The molecule has 1 N–H and O–H groups in total. The molecule has 33 heavy (non-hydrogen) atoms. The third-order valence-corrected chi connectivity index (χ3v) is 5.56. The third-order valence-electron chi connectivity index (χ3n) is 5.56. The molecule has 0 spiro atoms. The SMILES string of the molecule is CC(C)(C)c1cc(C(=O)O)nn1Cn1cnc(N2CCN(c3ccc(F)cc3)CC2)nc1=O. The molecule has 0 saturated carbocycles. The lowest BCUT2D eigenvalue weighted by Gasteiger charge is -2.36. The molecule has 0 radical (unpaired) electrons. The fourth-order valence-electron chi connectivity index (χ4n) is 3.79. The molecule has 0 aliphatic carbocycles. The van der Waals surface area contributed by atoms with E-state index in [1.165, 1.54) is 33.8 Å². The Morgan fingerprint density at radius 1 is 1.09 bits per heavy atom. The molecule has 0 amide bonds. The Hall–Kier alpha value is -3.76.